The van der Waals surface area contributed by atoms with Crippen LogP contribution in [0.3, 0.4) is 0 Å². The van der Waals surface area contributed by atoms with Crippen molar-refractivity contribution in [2.45, 2.75) is 26.7 Å². The van der Waals surface area contributed by atoms with Gasteiger partial charge in [-0.15, -0.1) is 0 Å². The molecule has 40 heavy (non-hydrogen) atoms. The van der Waals surface area contributed by atoms with Crippen molar-refractivity contribution in [3.63, 3.8) is 0 Å². The third-order valence-electron chi connectivity index (χ3n) is 7.12. The molecule has 8 nitrogen and oxygen atoms in total. The highest BCUT2D eigenvalue weighted by Gasteiger charge is 2.39. The minimum Gasteiger partial charge on any atom is -0.494 e. The predicted octanol–water partition coefficient (Wildman–Crippen LogP) is 6.01. The summed E-state index contributed by atoms with van der Waals surface area (Å²) in [5.41, 5.74) is 3.20. The van der Waals surface area contributed by atoms with Crippen molar-refractivity contribution in [3.05, 3.63) is 89.1 Å². The molecule has 0 radical (unpaired) electrons. The first-order chi connectivity index (χ1) is 19.3. The van der Waals surface area contributed by atoms with Crippen LogP contribution in [-0.4, -0.2) is 37.4 Å². The van der Waals surface area contributed by atoms with Crippen LogP contribution in [0.5, 0.6) is 5.75 Å². The summed E-state index contributed by atoms with van der Waals surface area (Å²) >= 11 is 6.25. The summed E-state index contributed by atoms with van der Waals surface area (Å²) in [4.78, 5) is 42.0. The van der Waals surface area contributed by atoms with E-state index in [1.807, 2.05) is 31.2 Å². The summed E-state index contributed by atoms with van der Waals surface area (Å²) in [7, 11) is 0. The van der Waals surface area contributed by atoms with Crippen LogP contribution < -0.4 is 25.2 Å². The first-order valence-corrected chi connectivity index (χ1v) is 13.8. The molecule has 0 aromatic heterocycles. The Morgan fingerprint density at radius 1 is 0.875 bits per heavy atom. The molecule has 2 heterocycles. The summed E-state index contributed by atoms with van der Waals surface area (Å²) in [5.74, 6) is -0.0306. The second-order valence-electron chi connectivity index (χ2n) is 9.93. The number of hydrogen-bond donors (Lipinski definition) is 2. The summed E-state index contributed by atoms with van der Waals surface area (Å²) in [6.45, 7) is 6.77. The van der Waals surface area contributed by atoms with Gasteiger partial charge < -0.3 is 20.3 Å². The molecule has 206 valence electrons. The molecule has 1 fully saturated rings. The summed E-state index contributed by atoms with van der Waals surface area (Å²) < 4.78 is 5.42. The third kappa shape index (κ3) is 5.82. The van der Waals surface area contributed by atoms with E-state index in [9.17, 15) is 14.4 Å². The molecule has 3 amide bonds. The Kier molecular flexibility index (Phi) is 8.07. The van der Waals surface area contributed by atoms with Gasteiger partial charge in [-0.2, -0.15) is 0 Å². The Labute approximate surface area is 238 Å². The third-order valence-corrected chi connectivity index (χ3v) is 7.47. The van der Waals surface area contributed by atoms with Gasteiger partial charge in [0.2, 0.25) is 0 Å². The predicted molar refractivity (Wildman–Crippen MR) is 158 cm³/mol. The Balaban J connectivity index is 1.20. The molecule has 3 aromatic carbocycles. The van der Waals surface area contributed by atoms with Crippen molar-refractivity contribution in [1.29, 1.82) is 0 Å². The fourth-order valence-electron chi connectivity index (χ4n) is 4.78. The van der Waals surface area contributed by atoms with E-state index in [0.717, 1.165) is 29.6 Å². The molecule has 9 heteroatoms. The van der Waals surface area contributed by atoms with Crippen LogP contribution in [0.1, 0.15) is 37.0 Å². The standard InChI is InChI=1S/C31H31ClN4O4/c1-3-40-26-14-12-25(13-15-26)36-30(38)27(32)28(31(36)39)33-22-6-4-21(5-7-22)29(37)34-23-8-10-24(11-9-23)35-18-16-20(2)17-19-35/h4-15,20,33H,3,16-19H2,1-2H3,(H,34,37). The van der Waals surface area contributed by atoms with Crippen molar-refractivity contribution in [3.8, 4) is 5.75 Å². The molecule has 0 aliphatic carbocycles. The highest BCUT2D eigenvalue weighted by atomic mass is 35.5. The van der Waals surface area contributed by atoms with Gasteiger partial charge in [-0.05, 0) is 98.5 Å². The maximum Gasteiger partial charge on any atom is 0.283 e. The average molecular weight is 559 g/mol. The number of piperidine rings is 1. The fraction of sp³-hybridized carbons (Fsp3) is 0.258. The second kappa shape index (κ2) is 11.8. The fourth-order valence-corrected chi connectivity index (χ4v) is 4.99. The lowest BCUT2D eigenvalue weighted by Crippen LogP contribution is -2.32. The molecular weight excluding hydrogens is 528 g/mol. The molecule has 1 saturated heterocycles. The van der Waals surface area contributed by atoms with Crippen molar-refractivity contribution in [1.82, 2.24) is 0 Å². The first kappa shape index (κ1) is 27.3. The number of rotatable bonds is 8. The van der Waals surface area contributed by atoms with Crippen LogP contribution >= 0.6 is 11.6 Å². The Hall–Kier alpha value is -4.30. The number of ether oxygens (including phenoxy) is 1. The van der Waals surface area contributed by atoms with Crippen LogP contribution in [-0.2, 0) is 9.59 Å². The van der Waals surface area contributed by atoms with Crippen LogP contribution in [0.2, 0.25) is 0 Å². The van der Waals surface area contributed by atoms with Crippen LogP contribution in [0.15, 0.2) is 83.5 Å². The van der Waals surface area contributed by atoms with Gasteiger partial charge in [-0.25, -0.2) is 4.90 Å². The van der Waals surface area contributed by atoms with E-state index < -0.39 is 11.8 Å². The Morgan fingerprint density at radius 3 is 2.10 bits per heavy atom. The summed E-state index contributed by atoms with van der Waals surface area (Å²) in [5, 5.41) is 5.65. The topological polar surface area (TPSA) is 91.0 Å². The lowest BCUT2D eigenvalue weighted by Gasteiger charge is -2.32. The number of halogens is 1. The van der Waals surface area contributed by atoms with Gasteiger partial charge in [0.05, 0.1) is 12.3 Å². The van der Waals surface area contributed by atoms with Gasteiger partial charge >= 0.3 is 0 Å². The minimum absolute atomic E-state index is 0.0268. The largest absolute Gasteiger partial charge is 0.494 e. The maximum absolute atomic E-state index is 13.1. The summed E-state index contributed by atoms with van der Waals surface area (Å²) in [6, 6.07) is 21.1. The van der Waals surface area contributed by atoms with Crippen molar-refractivity contribution in [2.24, 2.45) is 5.92 Å². The van der Waals surface area contributed by atoms with E-state index in [1.54, 1.807) is 48.5 Å². The SMILES string of the molecule is CCOc1ccc(N2C(=O)C(Cl)=C(Nc3ccc(C(=O)Nc4ccc(N5CCC(C)CC5)cc4)cc3)C2=O)cc1. The van der Waals surface area contributed by atoms with Gasteiger partial charge in [-0.1, -0.05) is 18.5 Å². The van der Waals surface area contributed by atoms with Crippen molar-refractivity contribution in [2.75, 3.05) is 40.1 Å². The van der Waals surface area contributed by atoms with Crippen molar-refractivity contribution >= 4 is 52.1 Å². The van der Waals surface area contributed by atoms with E-state index in [4.69, 9.17) is 16.3 Å². The highest BCUT2D eigenvalue weighted by molar-refractivity contribution is 6.53. The Morgan fingerprint density at radius 2 is 1.48 bits per heavy atom. The van der Waals surface area contributed by atoms with Gasteiger partial charge in [0.15, 0.2) is 0 Å². The number of benzene rings is 3. The van der Waals surface area contributed by atoms with E-state index in [0.29, 0.717) is 35.0 Å². The molecule has 0 unspecified atom stereocenters. The smallest absolute Gasteiger partial charge is 0.283 e. The number of nitrogens with one attached hydrogen (secondary N) is 2. The van der Waals surface area contributed by atoms with Crippen LogP contribution in [0, 0.1) is 5.92 Å². The first-order valence-electron chi connectivity index (χ1n) is 13.4. The molecule has 5 rings (SSSR count). The minimum atomic E-state index is -0.616. The number of amides is 3. The lowest BCUT2D eigenvalue weighted by atomic mass is 9.99. The molecule has 0 saturated carbocycles. The molecule has 0 spiro atoms. The van der Waals surface area contributed by atoms with E-state index in [1.165, 1.54) is 12.8 Å². The maximum atomic E-state index is 13.1. The zero-order valence-electron chi connectivity index (χ0n) is 22.4. The number of hydrogen-bond acceptors (Lipinski definition) is 6. The normalized spacial score (nSPS) is 16.0. The molecule has 0 bridgehead atoms. The number of imide groups is 1. The van der Waals surface area contributed by atoms with Crippen LogP contribution in [0.4, 0.5) is 22.7 Å². The van der Waals surface area contributed by atoms with E-state index in [2.05, 4.69) is 22.5 Å². The summed E-state index contributed by atoms with van der Waals surface area (Å²) in [6.07, 6.45) is 2.39. The monoisotopic (exact) mass is 558 g/mol. The van der Waals surface area contributed by atoms with E-state index in [-0.39, 0.29) is 16.6 Å². The molecular formula is C31H31ClN4O4. The molecule has 0 atom stereocenters. The molecule has 2 N–H and O–H groups in total. The van der Waals surface area contributed by atoms with Crippen LogP contribution in [0.25, 0.3) is 0 Å². The van der Waals surface area contributed by atoms with E-state index >= 15 is 0 Å². The van der Waals surface area contributed by atoms with Crippen molar-refractivity contribution < 1.29 is 19.1 Å². The molecule has 2 aliphatic heterocycles. The lowest BCUT2D eigenvalue weighted by molar-refractivity contribution is -0.120. The van der Waals surface area contributed by atoms with Gasteiger partial charge in [0.1, 0.15) is 16.5 Å². The number of nitrogens with zero attached hydrogens (tertiary/aromatic N) is 2. The average Bonchev–Trinajstić information content (AvgIpc) is 3.18. The molecule has 3 aromatic rings. The van der Waals surface area contributed by atoms with Gasteiger partial charge in [0, 0.05) is 35.7 Å². The zero-order chi connectivity index (χ0) is 28.2. The highest BCUT2D eigenvalue weighted by Crippen LogP contribution is 2.31. The second-order valence-corrected chi connectivity index (χ2v) is 10.3. The van der Waals surface area contributed by atoms with Gasteiger partial charge in [0.25, 0.3) is 17.7 Å². The number of carbonyl (C=O) groups is 3. The number of anilines is 4. The Bertz CT molecular complexity index is 1430. The quantitative estimate of drug-likeness (QED) is 0.329. The molecule has 2 aliphatic rings. The zero-order valence-corrected chi connectivity index (χ0v) is 23.2. The number of carbonyl (C=O) groups excluding carboxylic acids is 3. The van der Waals surface area contributed by atoms with Gasteiger partial charge in [-0.3, -0.25) is 14.4 Å².